The van der Waals surface area contributed by atoms with Gasteiger partial charge in [0.1, 0.15) is 17.1 Å². The molecule has 0 saturated carbocycles. The third kappa shape index (κ3) is 3.70. The highest BCUT2D eigenvalue weighted by Gasteiger charge is 2.12. The molecule has 0 spiro atoms. The summed E-state index contributed by atoms with van der Waals surface area (Å²) >= 11 is 1.12. The fraction of sp³-hybridized carbons (Fsp3) is 0.0625. The van der Waals surface area contributed by atoms with Gasteiger partial charge in [-0.1, -0.05) is 23.5 Å². The van der Waals surface area contributed by atoms with E-state index in [1.165, 1.54) is 23.7 Å². The van der Waals surface area contributed by atoms with Crippen molar-refractivity contribution in [2.75, 3.05) is 0 Å². The maximum absolute atomic E-state index is 12.9. The number of halogens is 1. The lowest BCUT2D eigenvalue weighted by Gasteiger charge is -1.98. The zero-order valence-corrected chi connectivity index (χ0v) is 12.6. The Hall–Kier alpha value is -2.80. The van der Waals surface area contributed by atoms with Gasteiger partial charge in [0.2, 0.25) is 5.78 Å². The van der Waals surface area contributed by atoms with Crippen molar-refractivity contribution in [2.45, 2.75) is 6.42 Å². The van der Waals surface area contributed by atoms with Crippen molar-refractivity contribution in [1.29, 1.82) is 0 Å². The molecule has 0 saturated heterocycles. The SMILES string of the molecule is O=C(C=C(O)c1nncs1)c1ccc(Cc2ccc(F)cc2)o1. The maximum Gasteiger partial charge on any atom is 0.224 e. The van der Waals surface area contributed by atoms with Gasteiger partial charge in [0.05, 0.1) is 0 Å². The number of hydrogen-bond donors (Lipinski definition) is 1. The van der Waals surface area contributed by atoms with Crippen LogP contribution in [0.15, 0.2) is 52.4 Å². The lowest BCUT2D eigenvalue weighted by Crippen LogP contribution is -1.94. The second-order valence-corrected chi connectivity index (χ2v) is 5.54. The zero-order chi connectivity index (χ0) is 16.2. The van der Waals surface area contributed by atoms with Crippen molar-refractivity contribution in [3.63, 3.8) is 0 Å². The summed E-state index contributed by atoms with van der Waals surface area (Å²) in [6, 6.07) is 9.25. The molecule has 2 aromatic heterocycles. The summed E-state index contributed by atoms with van der Waals surface area (Å²) in [4.78, 5) is 12.0. The monoisotopic (exact) mass is 330 g/mol. The summed E-state index contributed by atoms with van der Waals surface area (Å²) in [5, 5.41) is 17.3. The van der Waals surface area contributed by atoms with Crippen LogP contribution < -0.4 is 0 Å². The van der Waals surface area contributed by atoms with E-state index in [-0.39, 0.29) is 22.3 Å². The highest BCUT2D eigenvalue weighted by molar-refractivity contribution is 7.10. The minimum Gasteiger partial charge on any atom is -0.505 e. The predicted molar refractivity (Wildman–Crippen MR) is 82.8 cm³/mol. The van der Waals surface area contributed by atoms with Crippen molar-refractivity contribution >= 4 is 22.9 Å². The van der Waals surface area contributed by atoms with Crippen LogP contribution in [0.1, 0.15) is 26.9 Å². The van der Waals surface area contributed by atoms with Gasteiger partial charge in [-0.05, 0) is 29.8 Å². The van der Waals surface area contributed by atoms with E-state index in [4.69, 9.17) is 4.42 Å². The Morgan fingerprint density at radius 2 is 2.04 bits per heavy atom. The summed E-state index contributed by atoms with van der Waals surface area (Å²) in [6.07, 6.45) is 1.49. The quantitative estimate of drug-likeness (QED) is 0.439. The number of rotatable bonds is 5. The third-order valence-electron chi connectivity index (χ3n) is 3.04. The van der Waals surface area contributed by atoms with Crippen molar-refractivity contribution in [2.24, 2.45) is 0 Å². The fourth-order valence-corrected chi connectivity index (χ4v) is 2.42. The minimum atomic E-state index is -0.469. The topological polar surface area (TPSA) is 76.2 Å². The molecule has 5 nitrogen and oxygen atoms in total. The molecular weight excluding hydrogens is 319 g/mol. The van der Waals surface area contributed by atoms with E-state index >= 15 is 0 Å². The molecule has 0 fully saturated rings. The number of furan rings is 1. The molecule has 0 radical (unpaired) electrons. The van der Waals surface area contributed by atoms with Gasteiger partial charge in [-0.3, -0.25) is 4.79 Å². The lowest BCUT2D eigenvalue weighted by molar-refractivity contribution is 0.101. The maximum atomic E-state index is 12.9. The van der Waals surface area contributed by atoms with Crippen LogP contribution in [-0.4, -0.2) is 21.1 Å². The van der Waals surface area contributed by atoms with Gasteiger partial charge in [0, 0.05) is 12.5 Å². The van der Waals surface area contributed by atoms with E-state index in [1.807, 2.05) is 0 Å². The average Bonchev–Trinajstić information content (AvgIpc) is 3.21. The zero-order valence-electron chi connectivity index (χ0n) is 11.8. The van der Waals surface area contributed by atoms with Gasteiger partial charge in [-0.15, -0.1) is 10.2 Å². The standard InChI is InChI=1S/C16H11FN2O3S/c17-11-3-1-10(2-4-11)7-12-5-6-15(22-12)13(20)8-14(21)16-19-18-9-23-16/h1-6,8-9,21H,7H2. The number of hydrogen-bond acceptors (Lipinski definition) is 6. The van der Waals surface area contributed by atoms with E-state index in [2.05, 4.69) is 10.2 Å². The second-order valence-electron chi connectivity index (χ2n) is 4.71. The molecule has 3 rings (SSSR count). The van der Waals surface area contributed by atoms with Crippen LogP contribution in [0, 0.1) is 5.82 Å². The molecule has 1 N–H and O–H groups in total. The number of aliphatic hydroxyl groups excluding tert-OH is 1. The van der Waals surface area contributed by atoms with Gasteiger partial charge in [0.25, 0.3) is 0 Å². The Morgan fingerprint density at radius 3 is 2.74 bits per heavy atom. The molecule has 3 aromatic rings. The first-order valence-corrected chi connectivity index (χ1v) is 7.54. The first kappa shape index (κ1) is 15.1. The largest absolute Gasteiger partial charge is 0.505 e. The number of aliphatic hydroxyl groups is 1. The van der Waals surface area contributed by atoms with E-state index in [0.717, 1.165) is 23.0 Å². The normalized spacial score (nSPS) is 11.6. The number of ketones is 1. The van der Waals surface area contributed by atoms with Crippen LogP contribution in [0.25, 0.3) is 5.76 Å². The lowest BCUT2D eigenvalue weighted by atomic mass is 10.1. The van der Waals surface area contributed by atoms with Crippen LogP contribution in [0.5, 0.6) is 0 Å². The van der Waals surface area contributed by atoms with Crippen molar-refractivity contribution in [3.05, 3.63) is 75.9 Å². The van der Waals surface area contributed by atoms with Crippen LogP contribution in [0.2, 0.25) is 0 Å². The van der Waals surface area contributed by atoms with Gasteiger partial charge in [-0.25, -0.2) is 4.39 Å². The van der Waals surface area contributed by atoms with E-state index < -0.39 is 5.78 Å². The molecule has 1 aromatic carbocycles. The highest BCUT2D eigenvalue weighted by atomic mass is 32.1. The van der Waals surface area contributed by atoms with Crippen molar-refractivity contribution in [3.8, 4) is 0 Å². The molecule has 2 heterocycles. The smallest absolute Gasteiger partial charge is 0.224 e. The van der Waals surface area contributed by atoms with Crippen LogP contribution >= 0.6 is 11.3 Å². The number of carbonyl (C=O) groups excluding carboxylic acids is 1. The van der Waals surface area contributed by atoms with Gasteiger partial charge in [0.15, 0.2) is 16.5 Å². The van der Waals surface area contributed by atoms with Crippen LogP contribution in [-0.2, 0) is 6.42 Å². The summed E-state index contributed by atoms with van der Waals surface area (Å²) < 4.78 is 18.3. The van der Waals surface area contributed by atoms with Gasteiger partial charge >= 0.3 is 0 Å². The first-order chi connectivity index (χ1) is 11.1. The van der Waals surface area contributed by atoms with Crippen molar-refractivity contribution in [1.82, 2.24) is 10.2 Å². The molecule has 0 bridgehead atoms. The molecule has 0 unspecified atom stereocenters. The Kier molecular flexibility index (Phi) is 4.29. The number of carbonyl (C=O) groups is 1. The van der Waals surface area contributed by atoms with Gasteiger partial charge < -0.3 is 9.52 Å². The third-order valence-corrected chi connectivity index (χ3v) is 3.76. The number of benzene rings is 1. The molecule has 116 valence electrons. The van der Waals surface area contributed by atoms with Crippen LogP contribution in [0.4, 0.5) is 4.39 Å². The van der Waals surface area contributed by atoms with Crippen molar-refractivity contribution < 1.29 is 18.7 Å². The first-order valence-electron chi connectivity index (χ1n) is 6.66. The molecule has 0 aliphatic carbocycles. The molecule has 0 aliphatic heterocycles. The highest BCUT2D eigenvalue weighted by Crippen LogP contribution is 2.17. The Bertz CT molecular complexity index is 839. The second kappa shape index (κ2) is 6.53. The van der Waals surface area contributed by atoms with E-state index in [1.54, 1.807) is 18.2 Å². The predicted octanol–water partition coefficient (Wildman–Crippen LogP) is 3.64. The summed E-state index contributed by atoms with van der Waals surface area (Å²) in [5.74, 6) is -0.347. The number of nitrogens with zero attached hydrogens (tertiary/aromatic N) is 2. The molecule has 7 heteroatoms. The summed E-state index contributed by atoms with van der Waals surface area (Å²) in [6.45, 7) is 0. The minimum absolute atomic E-state index is 0.109. The van der Waals surface area contributed by atoms with E-state index in [9.17, 15) is 14.3 Å². The Labute approximate surface area is 134 Å². The Morgan fingerprint density at radius 1 is 1.26 bits per heavy atom. The van der Waals surface area contributed by atoms with Gasteiger partial charge in [-0.2, -0.15) is 0 Å². The molecule has 23 heavy (non-hydrogen) atoms. The Balaban J connectivity index is 1.72. The molecular formula is C16H11FN2O3S. The van der Waals surface area contributed by atoms with Crippen LogP contribution in [0.3, 0.4) is 0 Å². The molecule has 0 atom stereocenters. The average molecular weight is 330 g/mol. The molecule has 0 amide bonds. The number of allylic oxidation sites excluding steroid dienone is 1. The van der Waals surface area contributed by atoms with E-state index in [0.29, 0.717) is 12.2 Å². The number of aromatic nitrogens is 2. The summed E-state index contributed by atoms with van der Waals surface area (Å²) in [7, 11) is 0. The molecule has 0 aliphatic rings. The fourth-order valence-electron chi connectivity index (χ4n) is 1.95. The summed E-state index contributed by atoms with van der Waals surface area (Å²) in [5.41, 5.74) is 2.32.